The molecule has 2 unspecified atom stereocenters. The lowest BCUT2D eigenvalue weighted by Gasteiger charge is -2.50. The van der Waals surface area contributed by atoms with Crippen molar-refractivity contribution in [3.8, 4) is 0 Å². The van der Waals surface area contributed by atoms with Gasteiger partial charge in [0.1, 0.15) is 11.4 Å². The van der Waals surface area contributed by atoms with Gasteiger partial charge in [-0.1, -0.05) is 13.8 Å². The van der Waals surface area contributed by atoms with Crippen molar-refractivity contribution >= 4 is 17.5 Å². The maximum Gasteiger partial charge on any atom is 0.412 e. The number of halogens is 1. The first-order chi connectivity index (χ1) is 10.5. The lowest BCUT2D eigenvalue weighted by Crippen LogP contribution is -2.57. The normalized spacial score (nSPS) is 22.9. The van der Waals surface area contributed by atoms with Crippen molar-refractivity contribution in [2.24, 2.45) is 5.41 Å². The Morgan fingerprint density at radius 1 is 1.35 bits per heavy atom. The summed E-state index contributed by atoms with van der Waals surface area (Å²) >= 11 is 0. The van der Waals surface area contributed by atoms with Crippen LogP contribution in [0, 0.1) is 11.2 Å². The highest BCUT2D eigenvalue weighted by molar-refractivity contribution is 5.89. The van der Waals surface area contributed by atoms with E-state index in [0.717, 1.165) is 0 Å². The Labute approximate surface area is 136 Å². The molecule has 0 heterocycles. The summed E-state index contributed by atoms with van der Waals surface area (Å²) < 4.78 is 18.8. The molecule has 23 heavy (non-hydrogen) atoms. The Hall–Kier alpha value is -1.82. The number of carbonyl (C=O) groups excluding carboxylic acids is 1. The van der Waals surface area contributed by atoms with Crippen LogP contribution in [0.4, 0.5) is 20.6 Å². The summed E-state index contributed by atoms with van der Waals surface area (Å²) in [4.78, 5) is 11.9. The topological polar surface area (TPSA) is 70.6 Å². The molecule has 1 aliphatic rings. The van der Waals surface area contributed by atoms with Gasteiger partial charge in [-0.15, -0.1) is 0 Å². The van der Waals surface area contributed by atoms with Crippen molar-refractivity contribution in [3.05, 3.63) is 24.0 Å². The number of benzene rings is 1. The fourth-order valence-corrected chi connectivity index (χ4v) is 2.49. The van der Waals surface area contributed by atoms with E-state index in [9.17, 15) is 14.3 Å². The molecule has 1 saturated carbocycles. The molecule has 2 atom stereocenters. The molecule has 0 bridgehead atoms. The van der Waals surface area contributed by atoms with Crippen LogP contribution in [0.15, 0.2) is 18.2 Å². The maximum atomic E-state index is 13.6. The lowest BCUT2D eigenvalue weighted by molar-refractivity contribution is -0.0510. The second-order valence-electron chi connectivity index (χ2n) is 7.59. The Bertz CT molecular complexity index is 596. The number of nitrogens with one attached hydrogen (secondary N) is 2. The van der Waals surface area contributed by atoms with E-state index in [1.807, 2.05) is 13.8 Å². The third kappa shape index (κ3) is 4.13. The third-order valence-electron chi connectivity index (χ3n) is 4.16. The van der Waals surface area contributed by atoms with Crippen LogP contribution >= 0.6 is 0 Å². The maximum absolute atomic E-state index is 13.6. The molecule has 1 aromatic carbocycles. The van der Waals surface area contributed by atoms with E-state index in [-0.39, 0.29) is 11.5 Å². The van der Waals surface area contributed by atoms with Gasteiger partial charge in [0.15, 0.2) is 0 Å². The minimum absolute atomic E-state index is 0.00140. The van der Waals surface area contributed by atoms with Gasteiger partial charge in [-0.05, 0) is 45.4 Å². The molecule has 0 aliphatic heterocycles. The zero-order valence-electron chi connectivity index (χ0n) is 14.2. The molecule has 3 N–H and O–H groups in total. The molecule has 0 saturated heterocycles. The standard InChI is InChI=1S/C17H25FN2O3/c1-16(2,3)23-15(22)20-11-7-6-10(18)8-12(11)19-13-9-14(21)17(13,4)5/h6-8,13-14,19,21H,9H2,1-5H3,(H,20,22). The average molecular weight is 324 g/mol. The first-order valence-corrected chi connectivity index (χ1v) is 7.73. The monoisotopic (exact) mass is 324 g/mol. The number of aliphatic hydroxyl groups excluding tert-OH is 1. The third-order valence-corrected chi connectivity index (χ3v) is 4.16. The molecule has 5 nitrogen and oxygen atoms in total. The number of hydrogen-bond acceptors (Lipinski definition) is 4. The quantitative estimate of drug-likeness (QED) is 0.792. The van der Waals surface area contributed by atoms with Gasteiger partial charge in [0.25, 0.3) is 0 Å². The van der Waals surface area contributed by atoms with Gasteiger partial charge < -0.3 is 15.2 Å². The molecule has 6 heteroatoms. The fourth-order valence-electron chi connectivity index (χ4n) is 2.49. The highest BCUT2D eigenvalue weighted by atomic mass is 19.1. The minimum atomic E-state index is -0.613. The summed E-state index contributed by atoms with van der Waals surface area (Å²) in [5.74, 6) is -0.403. The number of aliphatic hydroxyl groups is 1. The van der Waals surface area contributed by atoms with Crippen molar-refractivity contribution in [1.29, 1.82) is 0 Å². The van der Waals surface area contributed by atoms with Gasteiger partial charge in [-0.3, -0.25) is 5.32 Å². The Kier molecular flexibility index (Phi) is 4.57. The van der Waals surface area contributed by atoms with E-state index in [1.165, 1.54) is 18.2 Å². The molecule has 1 fully saturated rings. The van der Waals surface area contributed by atoms with Crippen LogP contribution in [0.2, 0.25) is 0 Å². The van der Waals surface area contributed by atoms with Crippen LogP contribution in [0.1, 0.15) is 41.0 Å². The van der Waals surface area contributed by atoms with Crippen LogP contribution in [0.25, 0.3) is 0 Å². The summed E-state index contributed by atoms with van der Waals surface area (Å²) in [7, 11) is 0. The van der Waals surface area contributed by atoms with E-state index >= 15 is 0 Å². The summed E-state index contributed by atoms with van der Waals surface area (Å²) in [6, 6.07) is 4.09. The zero-order chi connectivity index (χ0) is 17.4. The molecule has 1 amide bonds. The number of ether oxygens (including phenoxy) is 1. The van der Waals surface area contributed by atoms with Gasteiger partial charge in [0.2, 0.25) is 0 Å². The number of anilines is 2. The molecule has 128 valence electrons. The Morgan fingerprint density at radius 2 is 2.00 bits per heavy atom. The minimum Gasteiger partial charge on any atom is -0.444 e. The Balaban J connectivity index is 2.13. The lowest BCUT2D eigenvalue weighted by atomic mass is 9.64. The molecule has 2 rings (SSSR count). The number of rotatable bonds is 3. The van der Waals surface area contributed by atoms with Crippen molar-refractivity contribution in [3.63, 3.8) is 0 Å². The molecule has 1 aliphatic carbocycles. The predicted octanol–water partition coefficient (Wildman–Crippen LogP) is 3.74. The van der Waals surface area contributed by atoms with E-state index in [1.54, 1.807) is 20.8 Å². The number of amides is 1. The van der Waals surface area contributed by atoms with E-state index in [0.29, 0.717) is 17.8 Å². The fraction of sp³-hybridized carbons (Fsp3) is 0.588. The van der Waals surface area contributed by atoms with Crippen molar-refractivity contribution < 1.29 is 19.0 Å². The summed E-state index contributed by atoms with van der Waals surface area (Å²) in [6.07, 6.45) is -0.411. The van der Waals surface area contributed by atoms with E-state index < -0.39 is 23.6 Å². The molecular formula is C17H25FN2O3. The van der Waals surface area contributed by atoms with Gasteiger partial charge >= 0.3 is 6.09 Å². The molecular weight excluding hydrogens is 299 g/mol. The summed E-state index contributed by atoms with van der Waals surface area (Å²) in [5.41, 5.74) is -0.00789. The highest BCUT2D eigenvalue weighted by Crippen LogP contribution is 2.43. The molecule has 0 aromatic heterocycles. The van der Waals surface area contributed by atoms with Crippen LogP contribution in [-0.4, -0.2) is 28.9 Å². The van der Waals surface area contributed by atoms with Crippen molar-refractivity contribution in [2.75, 3.05) is 10.6 Å². The van der Waals surface area contributed by atoms with Crippen molar-refractivity contribution in [2.45, 2.75) is 58.8 Å². The SMILES string of the molecule is CC(C)(C)OC(=O)Nc1ccc(F)cc1NC1CC(O)C1(C)C. The highest BCUT2D eigenvalue weighted by Gasteiger charge is 2.47. The van der Waals surface area contributed by atoms with Gasteiger partial charge in [-0.25, -0.2) is 9.18 Å². The van der Waals surface area contributed by atoms with E-state index in [4.69, 9.17) is 4.74 Å². The predicted molar refractivity (Wildman–Crippen MR) is 88.1 cm³/mol. The first kappa shape index (κ1) is 17.5. The zero-order valence-corrected chi connectivity index (χ0v) is 14.2. The second kappa shape index (κ2) is 6.00. The van der Waals surface area contributed by atoms with Crippen molar-refractivity contribution in [1.82, 2.24) is 0 Å². The largest absolute Gasteiger partial charge is 0.444 e. The second-order valence-corrected chi connectivity index (χ2v) is 7.59. The van der Waals surface area contributed by atoms with Gasteiger partial charge in [-0.2, -0.15) is 0 Å². The smallest absolute Gasteiger partial charge is 0.412 e. The molecule has 0 radical (unpaired) electrons. The summed E-state index contributed by atoms with van der Waals surface area (Å²) in [6.45, 7) is 9.20. The number of carbonyl (C=O) groups is 1. The van der Waals surface area contributed by atoms with Crippen LogP contribution in [0.5, 0.6) is 0 Å². The Morgan fingerprint density at radius 3 is 2.52 bits per heavy atom. The van der Waals surface area contributed by atoms with Gasteiger partial charge in [0.05, 0.1) is 17.5 Å². The molecule has 0 spiro atoms. The van der Waals surface area contributed by atoms with Crippen LogP contribution in [-0.2, 0) is 4.74 Å². The average Bonchev–Trinajstić information content (AvgIpc) is 2.39. The van der Waals surface area contributed by atoms with E-state index in [2.05, 4.69) is 10.6 Å². The van der Waals surface area contributed by atoms with Gasteiger partial charge in [0, 0.05) is 11.5 Å². The number of hydrogen-bond donors (Lipinski definition) is 3. The van der Waals surface area contributed by atoms with Crippen LogP contribution in [0.3, 0.4) is 0 Å². The van der Waals surface area contributed by atoms with Crippen LogP contribution < -0.4 is 10.6 Å². The first-order valence-electron chi connectivity index (χ1n) is 7.73. The summed E-state index contributed by atoms with van der Waals surface area (Å²) in [5, 5.41) is 15.7. The molecule has 1 aromatic rings.